The summed E-state index contributed by atoms with van der Waals surface area (Å²) in [6, 6.07) is 14.9. The van der Waals surface area contributed by atoms with Gasteiger partial charge in [-0.05, 0) is 35.9 Å². The van der Waals surface area contributed by atoms with Gasteiger partial charge in [-0.25, -0.2) is 17.6 Å². The standard InChI is InChI=1S/C27H23Cl2FN2O5S/c1-27(2)18-8-4-7-11-23(18)32(3)25(27)12-16(33)15-37-26(34)17-13-24(20(29)14-19(17)28)38(35,36)31-22-10-6-5-9-21(22)30/h4-14,31H,15H2,1-3H3. The smallest absolute Gasteiger partial charge is 0.340 e. The molecule has 198 valence electrons. The van der Waals surface area contributed by atoms with Crippen LogP contribution in [0.25, 0.3) is 0 Å². The first kappa shape index (κ1) is 27.6. The first-order chi connectivity index (χ1) is 17.8. The molecule has 1 aliphatic rings. The molecule has 3 aromatic carbocycles. The fourth-order valence-electron chi connectivity index (χ4n) is 4.30. The number of hydrogen-bond donors (Lipinski definition) is 1. The van der Waals surface area contributed by atoms with E-state index in [1.807, 2.05) is 50.1 Å². The zero-order chi connectivity index (χ0) is 27.8. The van der Waals surface area contributed by atoms with Gasteiger partial charge in [0.2, 0.25) is 0 Å². The second kappa shape index (κ2) is 10.4. The Kier molecular flexibility index (Phi) is 7.56. The lowest BCUT2D eigenvalue weighted by Gasteiger charge is -2.23. The summed E-state index contributed by atoms with van der Waals surface area (Å²) in [6.07, 6.45) is 1.42. The second-order valence-electron chi connectivity index (χ2n) is 9.12. The Hall–Kier alpha value is -3.40. The molecule has 0 amide bonds. The number of ketones is 1. The number of halogens is 3. The van der Waals surface area contributed by atoms with Crippen molar-refractivity contribution in [1.29, 1.82) is 0 Å². The summed E-state index contributed by atoms with van der Waals surface area (Å²) in [7, 11) is -2.55. The SMILES string of the molecule is CN1C(=CC(=O)COC(=O)c2cc(S(=O)(=O)Nc3ccccc3F)c(Cl)cc2Cl)C(C)(C)c2ccccc21. The summed E-state index contributed by atoms with van der Waals surface area (Å²) in [5.41, 5.74) is 1.69. The van der Waals surface area contributed by atoms with E-state index in [0.717, 1.165) is 35.1 Å². The highest BCUT2D eigenvalue weighted by atomic mass is 35.5. The van der Waals surface area contributed by atoms with Crippen molar-refractivity contribution in [3.05, 3.63) is 99.4 Å². The van der Waals surface area contributed by atoms with Gasteiger partial charge in [0, 0.05) is 29.9 Å². The quantitative estimate of drug-likeness (QED) is 0.275. The molecule has 1 heterocycles. The van der Waals surface area contributed by atoms with E-state index in [1.165, 1.54) is 24.3 Å². The molecule has 1 N–H and O–H groups in total. The van der Waals surface area contributed by atoms with Crippen LogP contribution in [0.2, 0.25) is 10.0 Å². The van der Waals surface area contributed by atoms with Crippen molar-refractivity contribution in [3.8, 4) is 0 Å². The number of rotatable bonds is 7. The number of hydrogen-bond acceptors (Lipinski definition) is 6. The summed E-state index contributed by atoms with van der Waals surface area (Å²) in [5, 5.41) is -0.468. The van der Waals surface area contributed by atoms with Crippen molar-refractivity contribution in [3.63, 3.8) is 0 Å². The molecule has 11 heteroatoms. The monoisotopic (exact) mass is 576 g/mol. The number of anilines is 2. The number of para-hydroxylation sites is 2. The van der Waals surface area contributed by atoms with E-state index in [1.54, 1.807) is 0 Å². The van der Waals surface area contributed by atoms with Crippen LogP contribution in [-0.4, -0.2) is 33.8 Å². The van der Waals surface area contributed by atoms with E-state index in [4.69, 9.17) is 27.9 Å². The van der Waals surface area contributed by atoms with E-state index in [-0.39, 0.29) is 21.3 Å². The van der Waals surface area contributed by atoms with Gasteiger partial charge in [0.15, 0.2) is 12.4 Å². The Bertz CT molecular complexity index is 1590. The molecular weight excluding hydrogens is 554 g/mol. The summed E-state index contributed by atoms with van der Waals surface area (Å²) >= 11 is 12.2. The third-order valence-corrected chi connectivity index (χ3v) is 8.38. The number of fused-ring (bicyclic) bond motifs is 1. The first-order valence-corrected chi connectivity index (χ1v) is 13.6. The predicted molar refractivity (Wildman–Crippen MR) is 145 cm³/mol. The summed E-state index contributed by atoms with van der Waals surface area (Å²) in [5.74, 6) is -2.30. The largest absolute Gasteiger partial charge is 0.454 e. The number of esters is 1. The number of sulfonamides is 1. The van der Waals surface area contributed by atoms with E-state index in [9.17, 15) is 22.4 Å². The maximum atomic E-state index is 14.0. The fraction of sp³-hybridized carbons (Fsp3) is 0.185. The van der Waals surface area contributed by atoms with Crippen LogP contribution in [0.15, 0.2) is 77.3 Å². The molecule has 38 heavy (non-hydrogen) atoms. The summed E-state index contributed by atoms with van der Waals surface area (Å²) in [6.45, 7) is 3.38. The molecule has 0 saturated heterocycles. The van der Waals surface area contributed by atoms with E-state index >= 15 is 0 Å². The first-order valence-electron chi connectivity index (χ1n) is 11.3. The zero-order valence-electron chi connectivity index (χ0n) is 20.6. The van der Waals surface area contributed by atoms with Crippen LogP contribution in [-0.2, 0) is 25.0 Å². The Morgan fingerprint density at radius 2 is 1.71 bits per heavy atom. The number of nitrogens with zero attached hydrogens (tertiary/aromatic N) is 1. The van der Waals surface area contributed by atoms with Gasteiger partial charge in [0.25, 0.3) is 10.0 Å². The molecule has 1 aliphatic heterocycles. The van der Waals surface area contributed by atoms with Gasteiger partial charge in [-0.15, -0.1) is 0 Å². The van der Waals surface area contributed by atoms with Gasteiger partial charge < -0.3 is 9.64 Å². The molecule has 0 aliphatic carbocycles. The van der Waals surface area contributed by atoms with Crippen LogP contribution in [0.5, 0.6) is 0 Å². The molecule has 4 rings (SSSR count). The minimum Gasteiger partial charge on any atom is -0.454 e. The third kappa shape index (κ3) is 5.27. The van der Waals surface area contributed by atoms with Crippen LogP contribution in [0.3, 0.4) is 0 Å². The van der Waals surface area contributed by atoms with Crippen molar-refractivity contribution >= 4 is 56.4 Å². The van der Waals surface area contributed by atoms with E-state index in [2.05, 4.69) is 4.72 Å². The fourth-order valence-corrected chi connectivity index (χ4v) is 6.22. The Morgan fingerprint density at radius 3 is 2.39 bits per heavy atom. The van der Waals surface area contributed by atoms with E-state index < -0.39 is 44.5 Å². The molecule has 0 bridgehead atoms. The molecule has 7 nitrogen and oxygen atoms in total. The number of nitrogens with one attached hydrogen (secondary N) is 1. The van der Waals surface area contributed by atoms with Crippen molar-refractivity contribution < 1.29 is 27.1 Å². The summed E-state index contributed by atoms with van der Waals surface area (Å²) in [4.78, 5) is 26.9. The van der Waals surface area contributed by atoms with Crippen LogP contribution in [0, 0.1) is 5.82 Å². The molecule has 3 aromatic rings. The minimum atomic E-state index is -4.40. The number of benzene rings is 3. The van der Waals surface area contributed by atoms with Gasteiger partial charge in [-0.1, -0.05) is 67.4 Å². The number of carbonyl (C=O) groups excluding carboxylic acids is 2. The lowest BCUT2D eigenvalue weighted by atomic mass is 9.83. The van der Waals surface area contributed by atoms with Crippen LogP contribution >= 0.6 is 23.2 Å². The van der Waals surface area contributed by atoms with Gasteiger partial charge >= 0.3 is 5.97 Å². The highest BCUT2D eigenvalue weighted by molar-refractivity contribution is 7.92. The Balaban J connectivity index is 1.53. The van der Waals surface area contributed by atoms with Crippen molar-refractivity contribution in [2.45, 2.75) is 24.2 Å². The molecular formula is C27H23Cl2FN2O5S. The normalized spacial score (nSPS) is 15.3. The lowest BCUT2D eigenvalue weighted by molar-refractivity contribution is -0.117. The van der Waals surface area contributed by atoms with Crippen molar-refractivity contribution in [2.24, 2.45) is 0 Å². The van der Waals surface area contributed by atoms with Gasteiger partial charge in [0.1, 0.15) is 10.7 Å². The topological polar surface area (TPSA) is 92.8 Å². The molecule has 0 radical (unpaired) electrons. The Morgan fingerprint density at radius 1 is 1.05 bits per heavy atom. The maximum Gasteiger partial charge on any atom is 0.340 e. The van der Waals surface area contributed by atoms with Crippen molar-refractivity contribution in [1.82, 2.24) is 0 Å². The van der Waals surface area contributed by atoms with Crippen LogP contribution in [0.4, 0.5) is 15.8 Å². The van der Waals surface area contributed by atoms with Crippen molar-refractivity contribution in [2.75, 3.05) is 23.3 Å². The predicted octanol–water partition coefficient (Wildman–Crippen LogP) is 5.97. The van der Waals surface area contributed by atoms with Crippen LogP contribution in [0.1, 0.15) is 29.8 Å². The van der Waals surface area contributed by atoms with Gasteiger partial charge in [-0.2, -0.15) is 0 Å². The average Bonchev–Trinajstić information content (AvgIpc) is 3.04. The van der Waals surface area contributed by atoms with Crippen LogP contribution < -0.4 is 9.62 Å². The second-order valence-corrected chi connectivity index (χ2v) is 11.6. The number of likely N-dealkylation sites (N-methyl/N-ethyl adjacent to an activating group) is 1. The minimum absolute atomic E-state index is 0.178. The molecule has 0 saturated carbocycles. The molecule has 0 spiro atoms. The van der Waals surface area contributed by atoms with Gasteiger partial charge in [0.05, 0.1) is 21.3 Å². The number of carbonyl (C=O) groups is 2. The zero-order valence-corrected chi connectivity index (χ0v) is 22.9. The number of allylic oxidation sites excluding steroid dienone is 1. The highest BCUT2D eigenvalue weighted by Crippen LogP contribution is 2.46. The van der Waals surface area contributed by atoms with Gasteiger partial charge in [-0.3, -0.25) is 9.52 Å². The Labute approximate surface area is 229 Å². The highest BCUT2D eigenvalue weighted by Gasteiger charge is 2.38. The molecule has 0 atom stereocenters. The number of ether oxygens (including phenoxy) is 1. The summed E-state index contributed by atoms with van der Waals surface area (Å²) < 4.78 is 47.0. The third-order valence-electron chi connectivity index (χ3n) is 6.23. The maximum absolute atomic E-state index is 14.0. The molecule has 0 unspecified atom stereocenters. The molecule has 0 aromatic heterocycles. The average molecular weight is 577 g/mol. The molecule has 0 fully saturated rings. The lowest BCUT2D eigenvalue weighted by Crippen LogP contribution is -2.25. The van der Waals surface area contributed by atoms with E-state index in [0.29, 0.717) is 0 Å².